The standard InChI is InChI=1S/C31H62NO8P/c1-6-8-9-10-11-12-13-14-15-16-17-18-19-20-21-22-24-30(33)37-27-29(40-31(34)23-7-2)28-39-41(35,36)38-26-25-32(3,4)5/h29H,6-28H2,1-5H3/p+1/t29-/m1/s1. The number of unbranched alkanes of at least 4 members (excludes halogenated alkanes) is 15. The highest BCUT2D eigenvalue weighted by Gasteiger charge is 2.26. The first-order chi connectivity index (χ1) is 19.5. The zero-order valence-electron chi connectivity index (χ0n) is 27.0. The van der Waals surface area contributed by atoms with Crippen molar-refractivity contribution >= 4 is 19.8 Å². The fourth-order valence-corrected chi connectivity index (χ4v) is 5.03. The Morgan fingerprint density at radius 3 is 1.61 bits per heavy atom. The van der Waals surface area contributed by atoms with Crippen molar-refractivity contribution in [3.05, 3.63) is 0 Å². The van der Waals surface area contributed by atoms with E-state index in [2.05, 4.69) is 6.92 Å². The van der Waals surface area contributed by atoms with E-state index < -0.39 is 26.5 Å². The second-order valence-electron chi connectivity index (χ2n) is 12.2. The first-order valence-corrected chi connectivity index (χ1v) is 17.8. The third-order valence-electron chi connectivity index (χ3n) is 6.86. The van der Waals surface area contributed by atoms with Gasteiger partial charge in [0.1, 0.15) is 19.8 Å². The lowest BCUT2D eigenvalue weighted by Gasteiger charge is -2.24. The van der Waals surface area contributed by atoms with Crippen molar-refractivity contribution in [2.45, 2.75) is 142 Å². The molecular formula is C31H63NO8P+. The molecule has 0 aliphatic rings. The number of likely N-dealkylation sites (N-methyl/N-ethyl adjacent to an activating group) is 1. The minimum absolute atomic E-state index is 0.0336. The Morgan fingerprint density at radius 1 is 0.659 bits per heavy atom. The smallest absolute Gasteiger partial charge is 0.462 e. The van der Waals surface area contributed by atoms with E-state index in [1.165, 1.54) is 83.5 Å². The summed E-state index contributed by atoms with van der Waals surface area (Å²) in [4.78, 5) is 34.1. The maximum atomic E-state index is 12.2. The van der Waals surface area contributed by atoms with Crippen LogP contribution in [-0.2, 0) is 32.7 Å². The van der Waals surface area contributed by atoms with Crippen LogP contribution in [0.2, 0.25) is 0 Å². The molecule has 9 nitrogen and oxygen atoms in total. The average molecular weight is 609 g/mol. The van der Waals surface area contributed by atoms with Gasteiger partial charge in [-0.15, -0.1) is 0 Å². The first-order valence-electron chi connectivity index (χ1n) is 16.3. The van der Waals surface area contributed by atoms with Gasteiger partial charge in [-0.05, 0) is 12.8 Å². The Hall–Kier alpha value is -0.990. The number of hydrogen-bond acceptors (Lipinski definition) is 7. The second kappa shape index (κ2) is 25.5. The summed E-state index contributed by atoms with van der Waals surface area (Å²) < 4.78 is 33.4. The van der Waals surface area contributed by atoms with Crippen LogP contribution >= 0.6 is 7.82 Å². The summed E-state index contributed by atoms with van der Waals surface area (Å²) in [5, 5.41) is 0. The number of quaternary nitrogens is 1. The topological polar surface area (TPSA) is 108 Å². The monoisotopic (exact) mass is 608 g/mol. The van der Waals surface area contributed by atoms with Crippen LogP contribution in [0.1, 0.15) is 136 Å². The van der Waals surface area contributed by atoms with Crippen molar-refractivity contribution in [1.29, 1.82) is 0 Å². The molecule has 1 N–H and O–H groups in total. The van der Waals surface area contributed by atoms with E-state index >= 15 is 0 Å². The molecule has 244 valence electrons. The lowest BCUT2D eigenvalue weighted by atomic mass is 10.0. The van der Waals surface area contributed by atoms with Gasteiger partial charge >= 0.3 is 19.8 Å². The average Bonchev–Trinajstić information content (AvgIpc) is 2.89. The molecule has 41 heavy (non-hydrogen) atoms. The van der Waals surface area contributed by atoms with Gasteiger partial charge in [-0.25, -0.2) is 4.57 Å². The lowest BCUT2D eigenvalue weighted by molar-refractivity contribution is -0.870. The van der Waals surface area contributed by atoms with E-state index in [0.29, 0.717) is 23.9 Å². The van der Waals surface area contributed by atoms with Crippen LogP contribution in [0.4, 0.5) is 0 Å². The molecule has 2 atom stereocenters. The van der Waals surface area contributed by atoms with Crippen molar-refractivity contribution in [1.82, 2.24) is 0 Å². The number of esters is 2. The predicted octanol–water partition coefficient (Wildman–Crippen LogP) is 7.73. The molecule has 0 saturated heterocycles. The number of ether oxygens (including phenoxy) is 2. The van der Waals surface area contributed by atoms with Crippen molar-refractivity contribution in [3.63, 3.8) is 0 Å². The van der Waals surface area contributed by atoms with Gasteiger partial charge in [0.05, 0.1) is 27.7 Å². The number of rotatable bonds is 29. The van der Waals surface area contributed by atoms with E-state index in [1.54, 1.807) is 0 Å². The fraction of sp³-hybridized carbons (Fsp3) is 0.935. The number of carbonyl (C=O) groups is 2. The molecule has 0 aromatic carbocycles. The van der Waals surface area contributed by atoms with Gasteiger partial charge in [-0.3, -0.25) is 18.6 Å². The van der Waals surface area contributed by atoms with Gasteiger partial charge < -0.3 is 18.9 Å². The first kappa shape index (κ1) is 40.0. The molecule has 0 heterocycles. The number of nitrogens with zero attached hydrogens (tertiary/aromatic N) is 1. The summed E-state index contributed by atoms with van der Waals surface area (Å²) in [6, 6.07) is 0. The molecule has 0 rings (SSSR count). The van der Waals surface area contributed by atoms with Gasteiger partial charge in [0.25, 0.3) is 0 Å². The molecule has 0 radical (unpaired) electrons. The van der Waals surface area contributed by atoms with Crippen LogP contribution in [0.3, 0.4) is 0 Å². The van der Waals surface area contributed by atoms with Crippen LogP contribution in [-0.4, -0.2) is 74.9 Å². The van der Waals surface area contributed by atoms with E-state index in [0.717, 1.165) is 19.3 Å². The molecule has 0 fully saturated rings. The molecule has 1 unspecified atom stereocenters. The third-order valence-corrected chi connectivity index (χ3v) is 7.84. The zero-order chi connectivity index (χ0) is 30.8. The van der Waals surface area contributed by atoms with Gasteiger partial charge in [0.2, 0.25) is 0 Å². The largest absolute Gasteiger partial charge is 0.472 e. The lowest BCUT2D eigenvalue weighted by Crippen LogP contribution is -2.37. The zero-order valence-corrected chi connectivity index (χ0v) is 27.9. The SMILES string of the molecule is CCCCCCCCCCCCCCCCCCC(=O)OC[C@H](COP(=O)(O)OCC[N+](C)(C)C)OC(=O)CCC. The molecule has 0 aromatic heterocycles. The summed E-state index contributed by atoms with van der Waals surface area (Å²) >= 11 is 0. The van der Waals surface area contributed by atoms with Gasteiger partial charge in [-0.2, -0.15) is 0 Å². The van der Waals surface area contributed by atoms with E-state index in [1.807, 2.05) is 28.1 Å². The normalized spacial score (nSPS) is 14.0. The van der Waals surface area contributed by atoms with Crippen LogP contribution < -0.4 is 0 Å². The van der Waals surface area contributed by atoms with E-state index in [4.69, 9.17) is 18.5 Å². The van der Waals surface area contributed by atoms with Crippen molar-refractivity contribution in [2.75, 3.05) is 47.5 Å². The van der Waals surface area contributed by atoms with E-state index in [9.17, 15) is 19.0 Å². The van der Waals surface area contributed by atoms with E-state index in [-0.39, 0.29) is 25.6 Å². The van der Waals surface area contributed by atoms with Crippen LogP contribution in [0.5, 0.6) is 0 Å². The van der Waals surface area contributed by atoms with Crippen LogP contribution in [0.15, 0.2) is 0 Å². The third kappa shape index (κ3) is 28.9. The van der Waals surface area contributed by atoms with Crippen molar-refractivity contribution in [3.8, 4) is 0 Å². The quantitative estimate of drug-likeness (QED) is 0.0398. The fourth-order valence-electron chi connectivity index (χ4n) is 4.29. The Bertz CT molecular complexity index is 698. The number of phosphoric ester groups is 1. The molecule has 0 amide bonds. The maximum absolute atomic E-state index is 12.2. The van der Waals surface area contributed by atoms with Gasteiger partial charge in [-0.1, -0.05) is 110 Å². The van der Waals surface area contributed by atoms with Gasteiger partial charge in [0.15, 0.2) is 6.10 Å². The number of hydrogen-bond donors (Lipinski definition) is 1. The molecule has 0 saturated carbocycles. The number of carbonyl (C=O) groups excluding carboxylic acids is 2. The number of phosphoric acid groups is 1. The summed E-state index contributed by atoms with van der Waals surface area (Å²) in [7, 11) is 1.48. The summed E-state index contributed by atoms with van der Waals surface area (Å²) in [5.74, 6) is -0.855. The molecule has 0 aromatic rings. The predicted molar refractivity (Wildman–Crippen MR) is 165 cm³/mol. The molecule has 0 spiro atoms. The minimum Gasteiger partial charge on any atom is -0.462 e. The summed E-state index contributed by atoms with van der Waals surface area (Å²) in [5.41, 5.74) is 0. The molecule has 0 bridgehead atoms. The Labute approximate surface area is 251 Å². The highest BCUT2D eigenvalue weighted by atomic mass is 31.2. The molecule has 0 aliphatic heterocycles. The Kier molecular flexibility index (Phi) is 24.9. The summed E-state index contributed by atoms with van der Waals surface area (Å²) in [6.07, 6.45) is 20.4. The van der Waals surface area contributed by atoms with Crippen LogP contribution in [0, 0.1) is 0 Å². The second-order valence-corrected chi connectivity index (χ2v) is 13.7. The Morgan fingerprint density at radius 2 is 1.15 bits per heavy atom. The van der Waals surface area contributed by atoms with Crippen LogP contribution in [0.25, 0.3) is 0 Å². The summed E-state index contributed by atoms with van der Waals surface area (Å²) in [6.45, 7) is 4.02. The molecule has 0 aliphatic carbocycles. The van der Waals surface area contributed by atoms with Gasteiger partial charge in [0, 0.05) is 12.8 Å². The van der Waals surface area contributed by atoms with Crippen molar-refractivity contribution < 1.29 is 42.1 Å². The maximum Gasteiger partial charge on any atom is 0.472 e. The van der Waals surface area contributed by atoms with Crippen molar-refractivity contribution in [2.24, 2.45) is 0 Å². The highest BCUT2D eigenvalue weighted by molar-refractivity contribution is 7.47. The highest BCUT2D eigenvalue weighted by Crippen LogP contribution is 2.43. The molecular weight excluding hydrogens is 545 g/mol. The Balaban J connectivity index is 4.01. The minimum atomic E-state index is -4.33. The molecule has 10 heteroatoms.